The van der Waals surface area contributed by atoms with Crippen LogP contribution < -0.4 is 46.9 Å². The minimum Gasteiger partial charge on any atom is -0.504 e. The van der Waals surface area contributed by atoms with Gasteiger partial charge < -0.3 is 92.4 Å². The molecule has 5 saturated heterocycles. The SMILES string of the molecule is COc1cc(C[C@@H](O)[C@@H]2NC(=O)[C@@H]3C[C@@H](O)CN3C(=O)[C@H]([C@@H](C)O)NC(=O)[C@@H](NCC3CCN(c4nnc(-c5ccc(-c6cnc(N7CCN(CC8CCCC8)CC7)nc6)cc5)s4)CC3)C[C@@H](O)CNC(=O)[C@@H]3[C@@H](O)[C@@H](C)CN3C(=O)[C@H]([C@H](O)CC(N)=O)NC2=O)ccc1O. The number of phenols is 1. The zero-order valence-corrected chi connectivity index (χ0v) is 54.4. The number of primary amides is 1. The highest BCUT2D eigenvalue weighted by molar-refractivity contribution is 7.18. The molecule has 6 aliphatic rings. The number of carbonyl (C=O) groups is 7. The summed E-state index contributed by atoms with van der Waals surface area (Å²) in [4.78, 5) is 118. The van der Waals surface area contributed by atoms with Crippen molar-refractivity contribution in [2.24, 2.45) is 23.5 Å². The zero-order chi connectivity index (χ0) is 67.8. The van der Waals surface area contributed by atoms with Crippen LogP contribution in [0.25, 0.3) is 21.7 Å². The van der Waals surface area contributed by atoms with Crippen LogP contribution in [0.15, 0.2) is 54.9 Å². The molecule has 5 aliphatic heterocycles. The van der Waals surface area contributed by atoms with Gasteiger partial charge in [-0.3, -0.25) is 38.5 Å². The lowest BCUT2D eigenvalue weighted by atomic mass is 9.96. The predicted octanol–water partition coefficient (Wildman–Crippen LogP) is -2.41. The molecule has 13 atom stereocenters. The molecule has 2 aromatic carbocycles. The van der Waals surface area contributed by atoms with Crippen molar-refractivity contribution in [2.45, 2.75) is 151 Å². The molecular weight excluding hydrogens is 1250 g/mol. The first-order valence-electron chi connectivity index (χ1n) is 32.8. The van der Waals surface area contributed by atoms with Crippen molar-refractivity contribution in [2.75, 3.05) is 88.9 Å². The summed E-state index contributed by atoms with van der Waals surface area (Å²) in [6.45, 7) is 7.82. The van der Waals surface area contributed by atoms with Crippen LogP contribution in [0.1, 0.15) is 77.2 Å². The number of fused-ring (bicyclic) bond motifs is 2. The van der Waals surface area contributed by atoms with Crippen molar-refractivity contribution in [3.8, 4) is 33.2 Å². The molecule has 0 spiro atoms. The van der Waals surface area contributed by atoms with Crippen molar-refractivity contribution in [1.82, 2.24) is 61.4 Å². The molecule has 1 aliphatic carbocycles. The molecule has 31 heteroatoms. The van der Waals surface area contributed by atoms with E-state index in [0.717, 1.165) is 74.7 Å². The van der Waals surface area contributed by atoms with Crippen molar-refractivity contribution >= 4 is 63.8 Å². The third-order valence-corrected chi connectivity index (χ3v) is 20.3. The number of hydrogen-bond donors (Lipinski definition) is 13. The standard InChI is InChI=1S/C64H89N15O15S/c1-34-31-79-54(55(34)87)59(91)67-30-42(81)24-44(66-27-36-14-16-77(17-15-36)64-74-73-60(95-64)40-11-9-39(10-12-40)41-28-68-63(69-29-41)76-20-18-75(19-21-76)32-37-6-4-5-7-37)56(88)70-51(35(2)80)61(92)78-33-43(82)25-45(78)57(89)71-52(47(84)22-38-8-13-46(83)49(23-38)94-3)58(90)72-53(62(79)93)48(85)26-50(65)86/h8-13,23,28-29,34-37,42-45,47-48,51-55,66,80-85,87H,4-7,14-22,24-27,30-33H2,1-3H3,(H2,65,86)(H,67,91)(H,70,88)(H,71,89)(H,72,90)/t34-,35+,42+,43+,44-,45-,47+,48+,51-,52-,53-,54-,55-/m0/s1. The highest BCUT2D eigenvalue weighted by Crippen LogP contribution is 2.34. The molecule has 10 rings (SSSR count). The second-order valence-electron chi connectivity index (χ2n) is 26.2. The van der Waals surface area contributed by atoms with Crippen LogP contribution in [0.5, 0.6) is 11.5 Å². The topological polar surface area (TPSA) is 424 Å². The van der Waals surface area contributed by atoms with Crippen molar-refractivity contribution in [3.05, 3.63) is 60.4 Å². The predicted molar refractivity (Wildman–Crippen MR) is 346 cm³/mol. The van der Waals surface area contributed by atoms with E-state index in [1.54, 1.807) is 0 Å². The number of piperazine rings is 1. The Bertz CT molecular complexity index is 3330. The van der Waals surface area contributed by atoms with Crippen LogP contribution in [-0.4, -0.2) is 264 Å². The van der Waals surface area contributed by atoms with Gasteiger partial charge in [0.25, 0.3) is 0 Å². The number of amides is 7. The average molecular weight is 1340 g/mol. The van der Waals surface area contributed by atoms with E-state index in [1.807, 2.05) is 36.7 Å². The number of nitrogens with one attached hydrogen (secondary N) is 5. The Morgan fingerprint density at radius 2 is 1.39 bits per heavy atom. The van der Waals surface area contributed by atoms with E-state index in [4.69, 9.17) is 20.4 Å². The van der Waals surface area contributed by atoms with Crippen LogP contribution in [-0.2, 0) is 40.0 Å². The van der Waals surface area contributed by atoms with Crippen LogP contribution in [0.2, 0.25) is 0 Å². The van der Waals surface area contributed by atoms with Gasteiger partial charge in [-0.05, 0) is 80.7 Å². The molecule has 0 radical (unpaired) electrons. The number of nitrogens with two attached hydrogens (primary N) is 1. The van der Waals surface area contributed by atoms with E-state index in [9.17, 15) is 69.3 Å². The maximum absolute atomic E-state index is 14.7. The van der Waals surface area contributed by atoms with Crippen LogP contribution in [0, 0.1) is 17.8 Å². The first-order valence-corrected chi connectivity index (χ1v) is 33.6. The second-order valence-corrected chi connectivity index (χ2v) is 27.2. The largest absolute Gasteiger partial charge is 0.504 e. The lowest BCUT2D eigenvalue weighted by molar-refractivity contribution is -0.147. The number of aromatic nitrogens is 4. The fraction of sp³-hybridized carbons (Fsp3) is 0.609. The molecule has 0 bridgehead atoms. The van der Waals surface area contributed by atoms with E-state index >= 15 is 0 Å². The summed E-state index contributed by atoms with van der Waals surface area (Å²) in [6.07, 6.45) is -1.83. The van der Waals surface area contributed by atoms with E-state index in [2.05, 4.69) is 51.5 Å². The highest BCUT2D eigenvalue weighted by atomic mass is 32.1. The fourth-order valence-corrected chi connectivity index (χ4v) is 14.6. The van der Waals surface area contributed by atoms with Crippen LogP contribution >= 0.6 is 11.3 Å². The Kier molecular flexibility index (Phi) is 23.2. The molecule has 0 unspecified atom stereocenters. The Balaban J connectivity index is 0.823. The minimum atomic E-state index is -2.13. The molecule has 95 heavy (non-hydrogen) atoms. The Morgan fingerprint density at radius 1 is 0.726 bits per heavy atom. The van der Waals surface area contributed by atoms with Gasteiger partial charge in [-0.25, -0.2) is 9.97 Å². The molecule has 30 nitrogen and oxygen atoms in total. The number of aliphatic hydroxyl groups excluding tert-OH is 6. The summed E-state index contributed by atoms with van der Waals surface area (Å²) in [5.41, 5.74) is 8.48. The Morgan fingerprint density at radius 3 is 2.06 bits per heavy atom. The first-order chi connectivity index (χ1) is 45.5. The number of β-amino-alcohol motifs (C(OH)–C–C–N with tert-alkyl or cyclic N) is 1. The quantitative estimate of drug-likeness (QED) is 0.0524. The van der Waals surface area contributed by atoms with E-state index in [-0.39, 0.29) is 36.1 Å². The molecule has 6 fully saturated rings. The molecule has 516 valence electrons. The Labute approximate surface area is 554 Å². The minimum absolute atomic E-state index is 0.0150. The average Bonchev–Trinajstić information content (AvgIpc) is 1.76. The number of anilines is 2. The molecule has 14 N–H and O–H groups in total. The number of aliphatic hydroxyl groups is 6. The van der Waals surface area contributed by atoms with Crippen molar-refractivity contribution < 1.29 is 74.0 Å². The van der Waals surface area contributed by atoms with Gasteiger partial charge in [0, 0.05) is 108 Å². The van der Waals surface area contributed by atoms with Crippen LogP contribution in [0.3, 0.4) is 0 Å². The summed E-state index contributed by atoms with van der Waals surface area (Å²) in [5.74, 6) is -7.16. The highest BCUT2D eigenvalue weighted by Gasteiger charge is 2.50. The van der Waals surface area contributed by atoms with Gasteiger partial charge in [-0.15, -0.1) is 10.2 Å². The summed E-state index contributed by atoms with van der Waals surface area (Å²) in [5, 5.41) is 103. The third-order valence-electron chi connectivity index (χ3n) is 19.2. The number of piperidine rings is 1. The molecular formula is C64H89N15O15S. The normalized spacial score (nSPS) is 27.8. The maximum atomic E-state index is 14.7. The van der Waals surface area contributed by atoms with Gasteiger partial charge in [0.2, 0.25) is 52.4 Å². The first kappa shape index (κ1) is 70.1. The fourth-order valence-electron chi connectivity index (χ4n) is 13.7. The zero-order valence-electron chi connectivity index (χ0n) is 53.6. The monoisotopic (exact) mass is 1340 g/mol. The summed E-state index contributed by atoms with van der Waals surface area (Å²) < 4.78 is 5.20. The number of ether oxygens (including phenoxy) is 1. The van der Waals surface area contributed by atoms with Gasteiger partial charge in [-0.2, -0.15) is 0 Å². The number of hydrogen-bond acceptors (Lipinski definition) is 24. The van der Waals surface area contributed by atoms with Gasteiger partial charge in [0.1, 0.15) is 35.2 Å². The number of carbonyl (C=O) groups excluding carboxylic acids is 7. The van der Waals surface area contributed by atoms with Crippen molar-refractivity contribution in [3.63, 3.8) is 0 Å². The molecule has 7 heterocycles. The van der Waals surface area contributed by atoms with Crippen molar-refractivity contribution in [1.29, 1.82) is 0 Å². The van der Waals surface area contributed by atoms with E-state index in [0.29, 0.717) is 25.9 Å². The molecule has 4 aromatic rings. The molecule has 2 aromatic heterocycles. The number of methoxy groups -OCH3 is 1. The summed E-state index contributed by atoms with van der Waals surface area (Å²) in [7, 11) is 1.27. The summed E-state index contributed by atoms with van der Waals surface area (Å²) >= 11 is 1.46. The van der Waals surface area contributed by atoms with E-state index < -0.39 is 159 Å². The maximum Gasteiger partial charge on any atom is 0.248 e. The van der Waals surface area contributed by atoms with Gasteiger partial charge >= 0.3 is 0 Å². The number of aromatic hydroxyl groups is 1. The Hall–Kier alpha value is -7.75. The van der Waals surface area contributed by atoms with E-state index in [1.165, 1.54) is 82.7 Å². The lowest BCUT2D eigenvalue weighted by Gasteiger charge is -2.35. The number of nitrogens with zero attached hydrogens (tertiary/aromatic N) is 9. The second kappa shape index (κ2) is 31.4. The molecule has 7 amide bonds. The number of phenolic OH excluding ortho intramolecular Hbond substituents is 1. The lowest BCUT2D eigenvalue weighted by Crippen LogP contribution is -2.64. The van der Waals surface area contributed by atoms with Gasteiger partial charge in [0.05, 0.1) is 56.2 Å². The number of rotatable bonds is 17. The van der Waals surface area contributed by atoms with Gasteiger partial charge in [-0.1, -0.05) is 61.4 Å². The molecule has 1 saturated carbocycles. The van der Waals surface area contributed by atoms with Gasteiger partial charge in [0.15, 0.2) is 11.5 Å². The smallest absolute Gasteiger partial charge is 0.248 e. The third kappa shape index (κ3) is 17.1. The number of benzene rings is 2. The summed E-state index contributed by atoms with van der Waals surface area (Å²) in [6, 6.07) is 1.42. The van der Waals surface area contributed by atoms with Crippen LogP contribution in [0.4, 0.5) is 11.1 Å².